The first kappa shape index (κ1) is 26.8. The molecule has 0 atom stereocenters. The molecule has 0 heterocycles. The second-order valence-corrected chi connectivity index (χ2v) is 10.1. The molecule has 0 aliphatic rings. The van der Waals surface area contributed by atoms with Gasteiger partial charge in [0.1, 0.15) is 0 Å². The maximum absolute atomic E-state index is 12.0. The highest BCUT2D eigenvalue weighted by Gasteiger charge is 2.28. The summed E-state index contributed by atoms with van der Waals surface area (Å²) in [5.41, 5.74) is 1.81. The Morgan fingerprint density at radius 2 is 1.00 bits per heavy atom. The van der Waals surface area contributed by atoms with Gasteiger partial charge in [-0.05, 0) is 46.3 Å². The number of benzene rings is 4. The van der Waals surface area contributed by atoms with Gasteiger partial charge in [0.05, 0.1) is 0 Å². The van der Waals surface area contributed by atoms with E-state index in [0.29, 0.717) is 22.1 Å². The van der Waals surface area contributed by atoms with E-state index >= 15 is 0 Å². The molecule has 0 amide bonds. The van der Waals surface area contributed by atoms with Crippen molar-refractivity contribution in [3.05, 3.63) is 83.9 Å². The van der Waals surface area contributed by atoms with E-state index in [2.05, 4.69) is 0 Å². The number of carbonyl (C=O) groups excluding carboxylic acids is 2. The number of fused-ring (bicyclic) bond motifs is 2. The Bertz CT molecular complexity index is 1360. The van der Waals surface area contributed by atoms with Gasteiger partial charge in [-0.2, -0.15) is 0 Å². The van der Waals surface area contributed by atoms with Crippen molar-refractivity contribution in [1.29, 1.82) is 0 Å². The van der Waals surface area contributed by atoms with Gasteiger partial charge in [0.15, 0.2) is 11.6 Å². The lowest BCUT2D eigenvalue weighted by Crippen LogP contribution is -2.41. The van der Waals surface area contributed by atoms with Crippen molar-refractivity contribution in [3.63, 3.8) is 0 Å². The lowest BCUT2D eigenvalue weighted by molar-refractivity contribution is 0.0915. The van der Waals surface area contributed by atoms with Crippen LogP contribution in [-0.4, -0.2) is 49.1 Å². The fourth-order valence-electron chi connectivity index (χ4n) is 4.54. The Kier molecular flexibility index (Phi) is 7.95. The van der Waals surface area contributed by atoms with Crippen molar-refractivity contribution < 1.29 is 28.9 Å². The Labute approximate surface area is 217 Å². The summed E-state index contributed by atoms with van der Waals surface area (Å²) in [5, 5.41) is 24.7. The molecule has 188 valence electrons. The van der Waals surface area contributed by atoms with Crippen LogP contribution in [-0.2, 0) is 9.31 Å². The van der Waals surface area contributed by atoms with Gasteiger partial charge in [-0.15, -0.1) is 0 Å². The van der Waals surface area contributed by atoms with Gasteiger partial charge >= 0.3 is 14.2 Å². The van der Waals surface area contributed by atoms with Crippen molar-refractivity contribution >= 4 is 58.3 Å². The largest absolute Gasteiger partial charge is 0.491 e. The molecule has 4 aromatic carbocycles. The lowest BCUT2D eigenvalue weighted by Gasteiger charge is -2.26. The molecule has 4 aromatic rings. The minimum absolute atomic E-state index is 0.0429. The number of rotatable bonds is 10. The summed E-state index contributed by atoms with van der Waals surface area (Å²) in [6.07, 6.45) is 0. The number of hydrogen-bond acceptors (Lipinski definition) is 6. The zero-order chi connectivity index (χ0) is 26.7. The number of hydrogen-bond donors (Lipinski definition) is 2. The molecular formula is C29H30B2O6. The van der Waals surface area contributed by atoms with Crippen LogP contribution in [0.15, 0.2) is 72.8 Å². The SMILES string of the molecule is CC(=O)c1cccc2c(B(O)OCC(C)(C)COB(O)c3cccc4c(C(C)=O)cccc34)cccc12. The van der Waals surface area contributed by atoms with Crippen LogP contribution in [0.2, 0.25) is 0 Å². The Morgan fingerprint density at radius 3 is 1.38 bits per heavy atom. The van der Waals surface area contributed by atoms with Gasteiger partial charge in [-0.1, -0.05) is 86.6 Å². The first-order valence-corrected chi connectivity index (χ1v) is 12.2. The van der Waals surface area contributed by atoms with Gasteiger partial charge < -0.3 is 19.4 Å². The van der Waals surface area contributed by atoms with Crippen molar-refractivity contribution in [1.82, 2.24) is 0 Å². The van der Waals surface area contributed by atoms with E-state index in [9.17, 15) is 19.6 Å². The van der Waals surface area contributed by atoms with Crippen LogP contribution < -0.4 is 10.9 Å². The zero-order valence-electron chi connectivity index (χ0n) is 21.5. The predicted molar refractivity (Wildman–Crippen MR) is 149 cm³/mol. The molecule has 0 spiro atoms. The summed E-state index contributed by atoms with van der Waals surface area (Å²) in [5.74, 6) is -0.0857. The Hall–Kier alpha value is -3.29. The minimum Gasteiger partial charge on any atom is -0.423 e. The van der Waals surface area contributed by atoms with Crippen LogP contribution in [0.1, 0.15) is 48.4 Å². The normalized spacial score (nSPS) is 11.6. The number of Topliss-reactive ketones (excluding diaryl/α,β-unsaturated/α-hetero) is 2. The van der Waals surface area contributed by atoms with E-state index in [4.69, 9.17) is 9.31 Å². The monoisotopic (exact) mass is 496 g/mol. The molecule has 0 fully saturated rings. The topological polar surface area (TPSA) is 93.1 Å². The van der Waals surface area contributed by atoms with E-state index in [-0.39, 0.29) is 24.8 Å². The third-order valence-electron chi connectivity index (χ3n) is 6.47. The zero-order valence-corrected chi connectivity index (χ0v) is 21.5. The molecule has 0 unspecified atom stereocenters. The first-order chi connectivity index (χ1) is 17.6. The Balaban J connectivity index is 1.44. The van der Waals surface area contributed by atoms with Crippen LogP contribution in [0.4, 0.5) is 0 Å². The predicted octanol–water partition coefficient (Wildman–Crippen LogP) is 3.53. The lowest BCUT2D eigenvalue weighted by atomic mass is 9.75. The quantitative estimate of drug-likeness (QED) is 0.258. The van der Waals surface area contributed by atoms with E-state index in [0.717, 1.165) is 21.5 Å². The fourth-order valence-corrected chi connectivity index (χ4v) is 4.54. The van der Waals surface area contributed by atoms with Crippen LogP contribution in [0, 0.1) is 5.41 Å². The van der Waals surface area contributed by atoms with Crippen LogP contribution in [0.3, 0.4) is 0 Å². The second-order valence-electron chi connectivity index (χ2n) is 10.1. The molecule has 6 nitrogen and oxygen atoms in total. The molecule has 0 aliphatic heterocycles. The third-order valence-corrected chi connectivity index (χ3v) is 6.47. The van der Waals surface area contributed by atoms with Crippen molar-refractivity contribution in [3.8, 4) is 0 Å². The average Bonchev–Trinajstić information content (AvgIpc) is 2.88. The van der Waals surface area contributed by atoms with E-state index < -0.39 is 19.7 Å². The smallest absolute Gasteiger partial charge is 0.423 e. The summed E-state index contributed by atoms with van der Waals surface area (Å²) in [6, 6.07) is 21.7. The van der Waals surface area contributed by atoms with Gasteiger partial charge in [0.2, 0.25) is 0 Å². The van der Waals surface area contributed by atoms with Gasteiger partial charge in [-0.3, -0.25) is 9.59 Å². The standard InChI is InChI=1S/C29H30B2O6/c1-19(32)21-9-5-13-25-23(21)11-7-15-27(25)30(34)36-17-29(3,4)18-37-31(35)28-16-8-12-24-22(20(2)33)10-6-14-26(24)28/h5-16,34-35H,17-18H2,1-4H3. The van der Waals surface area contributed by atoms with Gasteiger partial charge in [0.25, 0.3) is 0 Å². The summed E-state index contributed by atoms with van der Waals surface area (Å²) < 4.78 is 11.6. The molecular weight excluding hydrogens is 466 g/mol. The molecule has 0 aliphatic carbocycles. The highest BCUT2D eigenvalue weighted by atomic mass is 16.5. The van der Waals surface area contributed by atoms with Crippen molar-refractivity contribution in [2.24, 2.45) is 5.41 Å². The molecule has 0 aromatic heterocycles. The first-order valence-electron chi connectivity index (χ1n) is 12.2. The Morgan fingerprint density at radius 1 is 0.649 bits per heavy atom. The van der Waals surface area contributed by atoms with E-state index in [1.54, 1.807) is 48.5 Å². The molecule has 4 rings (SSSR count). The fraction of sp³-hybridized carbons (Fsp3) is 0.241. The molecule has 0 saturated carbocycles. The summed E-state index contributed by atoms with van der Waals surface area (Å²) in [6.45, 7) is 7.19. The molecule has 2 N–H and O–H groups in total. The molecule has 8 heteroatoms. The third kappa shape index (κ3) is 5.84. The van der Waals surface area contributed by atoms with Gasteiger partial charge in [-0.25, -0.2) is 0 Å². The molecule has 0 saturated heterocycles. The summed E-state index contributed by atoms with van der Waals surface area (Å²) in [7, 11) is -2.39. The second kappa shape index (κ2) is 11.0. The van der Waals surface area contributed by atoms with Crippen LogP contribution >= 0.6 is 0 Å². The molecule has 37 heavy (non-hydrogen) atoms. The maximum Gasteiger partial charge on any atom is 0.491 e. The number of carbonyl (C=O) groups is 2. The molecule has 0 bridgehead atoms. The molecule has 0 radical (unpaired) electrons. The van der Waals surface area contributed by atoms with Crippen LogP contribution in [0.5, 0.6) is 0 Å². The highest BCUT2D eigenvalue weighted by molar-refractivity contribution is 6.63. The average molecular weight is 496 g/mol. The highest BCUT2D eigenvalue weighted by Crippen LogP contribution is 2.22. The van der Waals surface area contributed by atoms with Gasteiger partial charge in [0, 0.05) is 29.8 Å². The van der Waals surface area contributed by atoms with E-state index in [1.165, 1.54) is 13.8 Å². The van der Waals surface area contributed by atoms with Crippen molar-refractivity contribution in [2.75, 3.05) is 13.2 Å². The summed E-state index contributed by atoms with van der Waals surface area (Å²) >= 11 is 0. The minimum atomic E-state index is -1.20. The summed E-state index contributed by atoms with van der Waals surface area (Å²) in [4.78, 5) is 24.0. The maximum atomic E-state index is 12.0. The van der Waals surface area contributed by atoms with Crippen LogP contribution in [0.25, 0.3) is 21.5 Å². The number of ketones is 2. The van der Waals surface area contributed by atoms with E-state index in [1.807, 2.05) is 38.1 Å². The van der Waals surface area contributed by atoms with Crippen molar-refractivity contribution in [2.45, 2.75) is 27.7 Å².